The number of hydrogen-bond donors (Lipinski definition) is 0. The summed E-state index contributed by atoms with van der Waals surface area (Å²) in [6.45, 7) is 2.16. The molecule has 0 radical (unpaired) electrons. The average Bonchev–Trinajstić information content (AvgIpc) is 2.80. The maximum Gasteiger partial charge on any atom is 0.0702 e. The van der Waals surface area contributed by atoms with Crippen molar-refractivity contribution in [1.82, 2.24) is 4.98 Å². The number of allylic oxidation sites excluding steroid dienone is 2. The van der Waals surface area contributed by atoms with Crippen molar-refractivity contribution in [1.29, 1.82) is 0 Å². The molecule has 160 valence electrons. The normalized spacial score (nSPS) is 27.4. The fraction of sp³-hybridized carbons (Fsp3) is 0.536. The van der Waals surface area contributed by atoms with E-state index in [1.165, 1.54) is 63.4 Å². The van der Waals surface area contributed by atoms with Crippen molar-refractivity contribution < 1.29 is 0 Å². The van der Waals surface area contributed by atoms with Gasteiger partial charge in [-0.25, -0.2) is 0 Å². The molecule has 0 spiro atoms. The first-order valence-electron chi connectivity index (χ1n) is 12.0. The lowest BCUT2D eigenvalue weighted by molar-refractivity contribution is 0.152. The van der Waals surface area contributed by atoms with Gasteiger partial charge in [0.2, 0.25) is 0 Å². The molecule has 4 rings (SSSR count). The number of benzene rings is 1. The zero-order valence-corrected chi connectivity index (χ0v) is 19.2. The molecule has 2 heteroatoms. The minimum Gasteiger partial charge on any atom is -0.256 e. The molecule has 2 fully saturated rings. The van der Waals surface area contributed by atoms with Gasteiger partial charge in [-0.15, -0.1) is 0 Å². The van der Waals surface area contributed by atoms with Crippen LogP contribution in [0, 0.1) is 23.7 Å². The van der Waals surface area contributed by atoms with Gasteiger partial charge in [-0.1, -0.05) is 54.8 Å². The summed E-state index contributed by atoms with van der Waals surface area (Å²) in [5.74, 6) is 3.80. The van der Waals surface area contributed by atoms with Gasteiger partial charge in [-0.3, -0.25) is 4.98 Å². The van der Waals surface area contributed by atoms with E-state index in [0.29, 0.717) is 0 Å². The van der Waals surface area contributed by atoms with Crippen LogP contribution >= 0.6 is 11.6 Å². The monoisotopic (exact) mass is 421 g/mol. The number of pyridine rings is 1. The summed E-state index contributed by atoms with van der Waals surface area (Å²) in [7, 11) is 0. The van der Waals surface area contributed by atoms with Crippen molar-refractivity contribution in [3.05, 3.63) is 65.3 Å². The predicted molar refractivity (Wildman–Crippen MR) is 129 cm³/mol. The maximum absolute atomic E-state index is 5.99. The molecule has 2 saturated carbocycles. The SMILES string of the molecule is CC=CC1CCC(C2CCC(CCc3ccc(-c4ccc(Cl)cc4)nc3)CC2)CC1. The minimum absolute atomic E-state index is 0.770. The smallest absolute Gasteiger partial charge is 0.0702 e. The second kappa shape index (κ2) is 10.6. The number of nitrogens with zero attached hydrogens (tertiary/aromatic N) is 1. The topological polar surface area (TPSA) is 12.9 Å². The molecule has 0 unspecified atom stereocenters. The lowest BCUT2D eigenvalue weighted by Gasteiger charge is -2.37. The molecule has 30 heavy (non-hydrogen) atoms. The largest absolute Gasteiger partial charge is 0.256 e. The zero-order chi connectivity index (χ0) is 20.8. The molecule has 1 aromatic heterocycles. The lowest BCUT2D eigenvalue weighted by Crippen LogP contribution is -2.25. The molecule has 2 aliphatic rings. The summed E-state index contributed by atoms with van der Waals surface area (Å²) in [5.41, 5.74) is 3.53. The van der Waals surface area contributed by atoms with Crippen LogP contribution in [0.25, 0.3) is 11.3 Å². The van der Waals surface area contributed by atoms with Gasteiger partial charge in [0.25, 0.3) is 0 Å². The van der Waals surface area contributed by atoms with Gasteiger partial charge in [0.05, 0.1) is 5.69 Å². The van der Waals surface area contributed by atoms with Gasteiger partial charge >= 0.3 is 0 Å². The number of hydrogen-bond acceptors (Lipinski definition) is 1. The van der Waals surface area contributed by atoms with Crippen LogP contribution in [0.5, 0.6) is 0 Å². The highest BCUT2D eigenvalue weighted by Crippen LogP contribution is 2.42. The third-order valence-electron chi connectivity index (χ3n) is 7.65. The van der Waals surface area contributed by atoms with E-state index >= 15 is 0 Å². The number of aromatic nitrogens is 1. The van der Waals surface area contributed by atoms with E-state index in [1.54, 1.807) is 0 Å². The number of halogens is 1. The molecule has 2 aliphatic carbocycles. The minimum atomic E-state index is 0.770. The number of aryl methyl sites for hydroxylation is 1. The lowest BCUT2D eigenvalue weighted by atomic mass is 9.68. The first-order valence-corrected chi connectivity index (χ1v) is 12.4. The van der Waals surface area contributed by atoms with Gasteiger partial charge in [0.1, 0.15) is 0 Å². The number of rotatable bonds is 6. The Hall–Kier alpha value is -1.60. The summed E-state index contributed by atoms with van der Waals surface area (Å²) < 4.78 is 0. The van der Waals surface area contributed by atoms with E-state index < -0.39 is 0 Å². The van der Waals surface area contributed by atoms with Crippen molar-refractivity contribution >= 4 is 11.6 Å². The fourth-order valence-corrected chi connectivity index (χ4v) is 5.89. The van der Waals surface area contributed by atoms with Crippen molar-refractivity contribution in [2.45, 2.75) is 71.1 Å². The van der Waals surface area contributed by atoms with Crippen LogP contribution in [0.2, 0.25) is 5.02 Å². The molecule has 0 aliphatic heterocycles. The maximum atomic E-state index is 5.99. The summed E-state index contributed by atoms with van der Waals surface area (Å²) in [6, 6.07) is 12.3. The van der Waals surface area contributed by atoms with E-state index in [-0.39, 0.29) is 0 Å². The summed E-state index contributed by atoms with van der Waals surface area (Å²) >= 11 is 5.99. The summed E-state index contributed by atoms with van der Waals surface area (Å²) in [5, 5.41) is 0.770. The third kappa shape index (κ3) is 5.76. The van der Waals surface area contributed by atoms with Crippen LogP contribution in [0.15, 0.2) is 54.7 Å². The van der Waals surface area contributed by atoms with E-state index in [9.17, 15) is 0 Å². The van der Waals surface area contributed by atoms with Crippen LogP contribution in [0.3, 0.4) is 0 Å². The first-order chi connectivity index (χ1) is 14.7. The zero-order valence-electron chi connectivity index (χ0n) is 18.4. The van der Waals surface area contributed by atoms with E-state index in [2.05, 4.69) is 42.4 Å². The molecular weight excluding hydrogens is 386 g/mol. The van der Waals surface area contributed by atoms with Gasteiger partial charge in [-0.05, 0) is 106 Å². The van der Waals surface area contributed by atoms with Crippen LogP contribution < -0.4 is 0 Å². The Kier molecular flexibility index (Phi) is 7.66. The summed E-state index contributed by atoms with van der Waals surface area (Å²) in [6.07, 6.45) is 20.8. The van der Waals surface area contributed by atoms with Crippen molar-refractivity contribution in [3.63, 3.8) is 0 Å². The Morgan fingerprint density at radius 3 is 2.13 bits per heavy atom. The summed E-state index contributed by atoms with van der Waals surface area (Å²) in [4.78, 5) is 4.69. The predicted octanol–water partition coefficient (Wildman–Crippen LogP) is 8.52. The first kappa shape index (κ1) is 21.6. The third-order valence-corrected chi connectivity index (χ3v) is 7.90. The second-order valence-electron chi connectivity index (χ2n) is 9.58. The Morgan fingerprint density at radius 2 is 1.53 bits per heavy atom. The quantitative estimate of drug-likeness (QED) is 0.426. The molecular formula is C28H36ClN. The second-order valence-corrected chi connectivity index (χ2v) is 10.0. The van der Waals surface area contributed by atoms with Gasteiger partial charge in [-0.2, -0.15) is 0 Å². The highest BCUT2D eigenvalue weighted by atomic mass is 35.5. The Labute approximate surface area is 188 Å². The molecule has 2 aromatic rings. The fourth-order valence-electron chi connectivity index (χ4n) is 5.76. The van der Waals surface area contributed by atoms with Crippen molar-refractivity contribution in [2.75, 3.05) is 0 Å². The highest BCUT2D eigenvalue weighted by molar-refractivity contribution is 6.30. The van der Waals surface area contributed by atoms with Crippen LogP contribution in [-0.4, -0.2) is 4.98 Å². The molecule has 1 nitrogen and oxygen atoms in total. The standard InChI is InChI=1S/C28H36ClN/c1-2-3-21-6-11-24(12-7-21)25-13-8-22(9-14-25)4-5-23-10-19-28(30-20-23)26-15-17-27(29)18-16-26/h2-3,10,15-22,24-25H,4-9,11-14H2,1H3. The van der Waals surface area contributed by atoms with Gasteiger partial charge in [0.15, 0.2) is 0 Å². The van der Waals surface area contributed by atoms with Crippen molar-refractivity contribution in [3.8, 4) is 11.3 Å². The molecule has 0 bridgehead atoms. The molecule has 1 aromatic carbocycles. The Bertz CT molecular complexity index is 792. The van der Waals surface area contributed by atoms with Crippen LogP contribution in [0.4, 0.5) is 0 Å². The van der Waals surface area contributed by atoms with Gasteiger partial charge < -0.3 is 0 Å². The molecule has 0 saturated heterocycles. The Balaban J connectivity index is 1.20. The average molecular weight is 422 g/mol. The van der Waals surface area contributed by atoms with E-state index in [1.807, 2.05) is 24.3 Å². The van der Waals surface area contributed by atoms with E-state index in [0.717, 1.165) is 46.4 Å². The van der Waals surface area contributed by atoms with Gasteiger partial charge in [0, 0.05) is 16.8 Å². The van der Waals surface area contributed by atoms with Crippen LogP contribution in [-0.2, 0) is 6.42 Å². The van der Waals surface area contributed by atoms with E-state index in [4.69, 9.17) is 11.6 Å². The van der Waals surface area contributed by atoms with Crippen molar-refractivity contribution in [2.24, 2.45) is 23.7 Å². The highest BCUT2D eigenvalue weighted by Gasteiger charge is 2.30. The molecule has 0 amide bonds. The molecule has 0 atom stereocenters. The Morgan fingerprint density at radius 1 is 0.867 bits per heavy atom. The van der Waals surface area contributed by atoms with Crippen LogP contribution in [0.1, 0.15) is 70.3 Å². The molecule has 0 N–H and O–H groups in total. The molecule has 1 heterocycles.